The molecule has 0 radical (unpaired) electrons. The van der Waals surface area contributed by atoms with Crippen molar-refractivity contribution in [2.75, 3.05) is 31.6 Å². The van der Waals surface area contributed by atoms with Gasteiger partial charge in [0.2, 0.25) is 5.13 Å². The van der Waals surface area contributed by atoms with Gasteiger partial charge in [0.25, 0.3) is 0 Å². The van der Waals surface area contributed by atoms with E-state index in [-0.39, 0.29) is 0 Å². The van der Waals surface area contributed by atoms with Crippen LogP contribution in [-0.4, -0.2) is 50.7 Å². The van der Waals surface area contributed by atoms with Crippen molar-refractivity contribution < 1.29 is 0 Å². The van der Waals surface area contributed by atoms with E-state index in [1.54, 1.807) is 0 Å². The van der Waals surface area contributed by atoms with E-state index >= 15 is 0 Å². The van der Waals surface area contributed by atoms with E-state index in [2.05, 4.69) is 51.3 Å². The molecule has 1 aliphatic rings. The summed E-state index contributed by atoms with van der Waals surface area (Å²) in [6.45, 7) is 7.63. The second kappa shape index (κ2) is 7.61. The molecule has 3 heterocycles. The van der Waals surface area contributed by atoms with Crippen LogP contribution >= 0.6 is 11.5 Å². The average Bonchev–Trinajstić information content (AvgIpc) is 3.23. The van der Waals surface area contributed by atoms with Crippen LogP contribution in [0.5, 0.6) is 0 Å². The molecule has 0 aliphatic carbocycles. The number of anilines is 1. The van der Waals surface area contributed by atoms with Crippen molar-refractivity contribution in [1.82, 2.24) is 24.0 Å². The van der Waals surface area contributed by atoms with Crippen LogP contribution in [0.4, 0.5) is 5.13 Å². The van der Waals surface area contributed by atoms with Gasteiger partial charge < -0.3 is 4.90 Å². The highest BCUT2D eigenvalue weighted by molar-refractivity contribution is 7.09. The van der Waals surface area contributed by atoms with Crippen LogP contribution in [0.15, 0.2) is 12.4 Å². The molecule has 0 aromatic carbocycles. The maximum Gasteiger partial charge on any atom is 0.204 e. The fourth-order valence-electron chi connectivity index (χ4n) is 3.75. The van der Waals surface area contributed by atoms with Gasteiger partial charge >= 0.3 is 0 Å². The van der Waals surface area contributed by atoms with E-state index in [0.717, 1.165) is 30.5 Å². The van der Waals surface area contributed by atoms with Gasteiger partial charge in [0, 0.05) is 56.4 Å². The summed E-state index contributed by atoms with van der Waals surface area (Å²) in [5.74, 6) is 1.53. The van der Waals surface area contributed by atoms with Crippen LogP contribution in [0.3, 0.4) is 0 Å². The Hall–Kier alpha value is -1.47. The lowest BCUT2D eigenvalue weighted by molar-refractivity contribution is 0.101. The molecule has 1 saturated heterocycles. The van der Waals surface area contributed by atoms with Crippen LogP contribution in [0, 0.1) is 5.92 Å². The van der Waals surface area contributed by atoms with Gasteiger partial charge in [0.05, 0.1) is 6.20 Å². The lowest BCUT2D eigenvalue weighted by Gasteiger charge is -2.41. The van der Waals surface area contributed by atoms with Crippen molar-refractivity contribution in [3.05, 3.63) is 23.8 Å². The second-order valence-corrected chi connectivity index (χ2v) is 7.38. The third-order valence-corrected chi connectivity index (χ3v) is 5.81. The molecule has 24 heavy (non-hydrogen) atoms. The fraction of sp³-hybridized carbons (Fsp3) is 0.706. The third kappa shape index (κ3) is 3.62. The van der Waals surface area contributed by atoms with Gasteiger partial charge in [0.15, 0.2) is 0 Å². The summed E-state index contributed by atoms with van der Waals surface area (Å²) in [5.41, 5.74) is 1.34. The first-order valence-electron chi connectivity index (χ1n) is 8.88. The van der Waals surface area contributed by atoms with Crippen LogP contribution in [0.2, 0.25) is 0 Å². The highest BCUT2D eigenvalue weighted by Gasteiger charge is 2.33. The highest BCUT2D eigenvalue weighted by Crippen LogP contribution is 2.36. The first-order chi connectivity index (χ1) is 11.6. The standard InChI is InChI=1S/C17H28N6S/c1-5-15-19-17(24-20-15)21(3)11-13-8-7-9-23(6-2)16(13)14-10-18-22(4)12-14/h10,12-13,16H,5-9,11H2,1-4H3/t13-,16+/m0/s1. The minimum Gasteiger partial charge on any atom is -0.350 e. The molecule has 0 unspecified atom stereocenters. The van der Waals surface area contributed by atoms with Gasteiger partial charge in [-0.3, -0.25) is 9.58 Å². The highest BCUT2D eigenvalue weighted by atomic mass is 32.1. The predicted molar refractivity (Wildman–Crippen MR) is 98.5 cm³/mol. The molecule has 3 rings (SSSR count). The summed E-state index contributed by atoms with van der Waals surface area (Å²) >= 11 is 1.51. The zero-order valence-electron chi connectivity index (χ0n) is 15.1. The third-order valence-electron chi connectivity index (χ3n) is 4.94. The number of aryl methyl sites for hydroxylation is 2. The smallest absolute Gasteiger partial charge is 0.204 e. The zero-order valence-corrected chi connectivity index (χ0v) is 16.0. The summed E-state index contributed by atoms with van der Waals surface area (Å²) < 4.78 is 6.34. The Morgan fingerprint density at radius 1 is 1.38 bits per heavy atom. The number of hydrogen-bond donors (Lipinski definition) is 0. The quantitative estimate of drug-likeness (QED) is 0.803. The molecular weight excluding hydrogens is 320 g/mol. The van der Waals surface area contributed by atoms with E-state index in [9.17, 15) is 0 Å². The maximum atomic E-state index is 4.64. The minimum absolute atomic E-state index is 0.443. The molecule has 0 amide bonds. The van der Waals surface area contributed by atoms with Gasteiger partial charge in [-0.25, -0.2) is 4.98 Å². The number of piperidine rings is 1. The van der Waals surface area contributed by atoms with Gasteiger partial charge in [-0.1, -0.05) is 13.8 Å². The summed E-state index contributed by atoms with van der Waals surface area (Å²) in [7, 11) is 4.14. The number of nitrogens with zero attached hydrogens (tertiary/aromatic N) is 6. The molecule has 0 N–H and O–H groups in total. The van der Waals surface area contributed by atoms with Gasteiger partial charge in [-0.05, 0) is 31.8 Å². The largest absolute Gasteiger partial charge is 0.350 e. The molecular formula is C17H28N6S. The van der Waals surface area contributed by atoms with Crippen molar-refractivity contribution in [1.29, 1.82) is 0 Å². The maximum absolute atomic E-state index is 4.64. The van der Waals surface area contributed by atoms with E-state index in [1.807, 2.05) is 17.9 Å². The Balaban J connectivity index is 1.78. The molecule has 1 fully saturated rings. The Kier molecular flexibility index (Phi) is 5.50. The van der Waals surface area contributed by atoms with E-state index in [1.165, 1.54) is 36.5 Å². The number of aromatic nitrogens is 4. The SMILES string of the molecule is CCc1nsc(N(C)C[C@@H]2CCCN(CC)[C@H]2c2cnn(C)c2)n1. The molecule has 7 heteroatoms. The Bertz CT molecular complexity index is 651. The number of hydrogen-bond acceptors (Lipinski definition) is 6. The monoisotopic (exact) mass is 348 g/mol. The second-order valence-electron chi connectivity index (χ2n) is 6.65. The Labute approximate surface area is 148 Å². The number of likely N-dealkylation sites (tertiary alicyclic amines) is 1. The number of rotatable bonds is 6. The molecule has 132 valence electrons. The fourth-order valence-corrected chi connectivity index (χ4v) is 4.46. The van der Waals surface area contributed by atoms with Crippen molar-refractivity contribution in [3.8, 4) is 0 Å². The Morgan fingerprint density at radius 2 is 2.21 bits per heavy atom. The molecule has 0 bridgehead atoms. The normalized spacial score (nSPS) is 22.0. The lowest BCUT2D eigenvalue weighted by atomic mass is 9.85. The van der Waals surface area contributed by atoms with Crippen LogP contribution in [0.25, 0.3) is 0 Å². The molecule has 2 aromatic rings. The van der Waals surface area contributed by atoms with Gasteiger partial charge in [-0.2, -0.15) is 9.47 Å². The lowest BCUT2D eigenvalue weighted by Crippen LogP contribution is -2.42. The van der Waals surface area contributed by atoms with Crippen molar-refractivity contribution in [3.63, 3.8) is 0 Å². The van der Waals surface area contributed by atoms with E-state index in [0.29, 0.717) is 12.0 Å². The molecule has 6 nitrogen and oxygen atoms in total. The van der Waals surface area contributed by atoms with Crippen LogP contribution < -0.4 is 4.90 Å². The predicted octanol–water partition coefficient (Wildman–Crippen LogP) is 2.74. The van der Waals surface area contributed by atoms with E-state index < -0.39 is 0 Å². The summed E-state index contributed by atoms with van der Waals surface area (Å²) in [5, 5.41) is 5.44. The van der Waals surface area contributed by atoms with Crippen molar-refractivity contribution in [2.24, 2.45) is 13.0 Å². The summed E-state index contributed by atoms with van der Waals surface area (Å²) in [6.07, 6.45) is 7.62. The molecule has 2 aromatic heterocycles. The van der Waals surface area contributed by atoms with Crippen molar-refractivity contribution >= 4 is 16.7 Å². The van der Waals surface area contributed by atoms with Crippen LogP contribution in [0.1, 0.15) is 44.1 Å². The first kappa shape index (κ1) is 17.4. The van der Waals surface area contributed by atoms with Gasteiger partial charge in [0.1, 0.15) is 5.82 Å². The molecule has 0 spiro atoms. The molecule has 2 atom stereocenters. The van der Waals surface area contributed by atoms with Crippen molar-refractivity contribution in [2.45, 2.75) is 39.2 Å². The topological polar surface area (TPSA) is 50.1 Å². The Morgan fingerprint density at radius 3 is 2.83 bits per heavy atom. The summed E-state index contributed by atoms with van der Waals surface area (Å²) in [6, 6.07) is 0.443. The molecule has 0 saturated carbocycles. The average molecular weight is 349 g/mol. The van der Waals surface area contributed by atoms with Crippen LogP contribution in [-0.2, 0) is 13.5 Å². The van der Waals surface area contributed by atoms with E-state index in [4.69, 9.17) is 0 Å². The zero-order chi connectivity index (χ0) is 17.1. The van der Waals surface area contributed by atoms with Gasteiger partial charge in [-0.15, -0.1) is 0 Å². The summed E-state index contributed by atoms with van der Waals surface area (Å²) in [4.78, 5) is 9.51. The molecule has 1 aliphatic heterocycles. The first-order valence-corrected chi connectivity index (χ1v) is 9.66. The minimum atomic E-state index is 0.443.